The van der Waals surface area contributed by atoms with E-state index < -0.39 is 5.41 Å². The second-order valence-corrected chi connectivity index (χ2v) is 8.09. The highest BCUT2D eigenvalue weighted by molar-refractivity contribution is 6.05. The molecule has 0 fully saturated rings. The summed E-state index contributed by atoms with van der Waals surface area (Å²) in [5, 5.41) is 12.2. The third-order valence-electron chi connectivity index (χ3n) is 4.50. The molecule has 0 unspecified atom stereocenters. The number of rotatable bonds is 9. The summed E-state index contributed by atoms with van der Waals surface area (Å²) in [4.78, 5) is 32.4. The number of hydrogen-bond donors (Lipinski definition) is 3. The van der Waals surface area contributed by atoms with Crippen LogP contribution in [0.4, 0.5) is 5.69 Å². The van der Waals surface area contributed by atoms with E-state index in [1.165, 1.54) is 0 Å². The summed E-state index contributed by atoms with van der Waals surface area (Å²) in [6.45, 7) is 6.57. The van der Waals surface area contributed by atoms with Crippen LogP contribution < -0.4 is 10.1 Å². The molecule has 0 aliphatic rings. The second kappa shape index (κ2) is 9.72. The van der Waals surface area contributed by atoms with Crippen LogP contribution in [0.2, 0.25) is 0 Å². The first-order valence-corrected chi connectivity index (χ1v) is 10.0. The standard InChI is InChI=1S/C23H27N3O5/c1-23(2,3)20(28)19-13-16-12-17(14-24-21(16)26-19)25-22(29)15-4-6-18(7-5-15)31-11-10-30-9-8-27/h4-7,12-14,27H,8-11H2,1-3H3,(H,24,26)(H,25,29). The first-order valence-electron chi connectivity index (χ1n) is 10.0. The zero-order chi connectivity index (χ0) is 22.4. The Morgan fingerprint density at radius 1 is 1.10 bits per heavy atom. The number of H-pyrrole nitrogens is 1. The van der Waals surface area contributed by atoms with Crippen LogP contribution in [0.1, 0.15) is 41.6 Å². The molecule has 1 amide bonds. The quantitative estimate of drug-likeness (QED) is 0.358. The largest absolute Gasteiger partial charge is 0.491 e. The summed E-state index contributed by atoms with van der Waals surface area (Å²) in [6.07, 6.45) is 1.55. The predicted octanol–water partition coefficient (Wildman–Crippen LogP) is 3.43. The van der Waals surface area contributed by atoms with Gasteiger partial charge in [-0.05, 0) is 36.4 Å². The van der Waals surface area contributed by atoms with Crippen molar-refractivity contribution in [3.63, 3.8) is 0 Å². The van der Waals surface area contributed by atoms with E-state index in [4.69, 9.17) is 14.6 Å². The molecule has 0 radical (unpaired) electrons. The lowest BCUT2D eigenvalue weighted by Crippen LogP contribution is -2.20. The van der Waals surface area contributed by atoms with E-state index in [9.17, 15) is 9.59 Å². The van der Waals surface area contributed by atoms with Crippen molar-refractivity contribution in [2.75, 3.05) is 31.7 Å². The number of carbonyl (C=O) groups excluding carboxylic acids is 2. The van der Waals surface area contributed by atoms with Crippen molar-refractivity contribution in [3.05, 3.63) is 53.9 Å². The summed E-state index contributed by atoms with van der Waals surface area (Å²) in [6, 6.07) is 10.3. The molecule has 1 aromatic carbocycles. The van der Waals surface area contributed by atoms with Gasteiger partial charge in [-0.25, -0.2) is 4.98 Å². The van der Waals surface area contributed by atoms with Crippen molar-refractivity contribution < 1.29 is 24.2 Å². The third kappa shape index (κ3) is 5.90. The summed E-state index contributed by atoms with van der Waals surface area (Å²) in [5.41, 5.74) is 1.60. The molecule has 3 N–H and O–H groups in total. The molecule has 2 aromatic heterocycles. The van der Waals surface area contributed by atoms with Gasteiger partial charge in [0.2, 0.25) is 0 Å². The van der Waals surface area contributed by atoms with E-state index in [0.717, 1.165) is 5.39 Å². The van der Waals surface area contributed by atoms with E-state index in [1.807, 2.05) is 20.8 Å². The van der Waals surface area contributed by atoms with Gasteiger partial charge >= 0.3 is 0 Å². The number of aliphatic hydroxyl groups excluding tert-OH is 1. The molecule has 0 aliphatic carbocycles. The number of carbonyl (C=O) groups is 2. The monoisotopic (exact) mass is 425 g/mol. The van der Waals surface area contributed by atoms with E-state index in [2.05, 4.69) is 15.3 Å². The van der Waals surface area contributed by atoms with Gasteiger partial charge in [-0.15, -0.1) is 0 Å². The third-order valence-corrected chi connectivity index (χ3v) is 4.50. The highest BCUT2D eigenvalue weighted by atomic mass is 16.5. The van der Waals surface area contributed by atoms with Crippen LogP contribution in [0.5, 0.6) is 5.75 Å². The second-order valence-electron chi connectivity index (χ2n) is 8.09. The van der Waals surface area contributed by atoms with Crippen molar-refractivity contribution in [3.8, 4) is 5.75 Å². The number of aliphatic hydroxyl groups is 1. The lowest BCUT2D eigenvalue weighted by Gasteiger charge is -2.14. The Morgan fingerprint density at radius 2 is 1.84 bits per heavy atom. The number of ketones is 1. The van der Waals surface area contributed by atoms with Crippen LogP contribution >= 0.6 is 0 Å². The number of nitrogens with zero attached hydrogens (tertiary/aromatic N) is 1. The van der Waals surface area contributed by atoms with E-state index >= 15 is 0 Å². The summed E-state index contributed by atoms with van der Waals surface area (Å²) in [7, 11) is 0. The van der Waals surface area contributed by atoms with Crippen molar-refractivity contribution in [1.82, 2.24) is 9.97 Å². The Hall–Kier alpha value is -3.23. The van der Waals surface area contributed by atoms with Gasteiger partial charge in [0.25, 0.3) is 5.91 Å². The van der Waals surface area contributed by atoms with E-state index in [1.54, 1.807) is 42.6 Å². The fourth-order valence-corrected chi connectivity index (χ4v) is 2.90. The Kier molecular flexibility index (Phi) is 7.04. The van der Waals surface area contributed by atoms with E-state index in [0.29, 0.717) is 41.6 Å². The molecular weight excluding hydrogens is 398 g/mol. The molecule has 8 heteroatoms. The van der Waals surface area contributed by atoms with Crippen molar-refractivity contribution in [2.45, 2.75) is 20.8 Å². The lowest BCUT2D eigenvalue weighted by molar-refractivity contribution is 0.0705. The fourth-order valence-electron chi connectivity index (χ4n) is 2.90. The smallest absolute Gasteiger partial charge is 0.255 e. The SMILES string of the molecule is CC(C)(C)C(=O)c1cc2cc(NC(=O)c3ccc(OCCOCCO)cc3)cnc2[nH]1. The van der Waals surface area contributed by atoms with Gasteiger partial charge in [0.1, 0.15) is 18.0 Å². The maximum Gasteiger partial charge on any atom is 0.255 e. The van der Waals surface area contributed by atoms with Gasteiger partial charge < -0.3 is 24.9 Å². The number of pyridine rings is 1. The topological polar surface area (TPSA) is 114 Å². The number of amides is 1. The Bertz CT molecular complexity index is 1050. The van der Waals surface area contributed by atoms with E-state index in [-0.39, 0.29) is 24.9 Å². The van der Waals surface area contributed by atoms with Crippen LogP contribution in [0, 0.1) is 5.41 Å². The zero-order valence-corrected chi connectivity index (χ0v) is 17.9. The summed E-state index contributed by atoms with van der Waals surface area (Å²) in [5.74, 6) is 0.342. The number of aromatic amines is 1. The Labute approximate surface area is 180 Å². The van der Waals surface area contributed by atoms with Crippen LogP contribution in [-0.4, -0.2) is 53.2 Å². The van der Waals surface area contributed by atoms with Crippen LogP contribution in [0.25, 0.3) is 11.0 Å². The molecule has 0 spiro atoms. The van der Waals surface area contributed by atoms with Gasteiger partial charge in [0.05, 0.1) is 37.4 Å². The van der Waals surface area contributed by atoms with Gasteiger partial charge in [-0.2, -0.15) is 0 Å². The number of aromatic nitrogens is 2. The molecule has 31 heavy (non-hydrogen) atoms. The molecule has 164 valence electrons. The maximum absolute atomic E-state index is 12.6. The minimum atomic E-state index is -0.500. The Balaban J connectivity index is 1.62. The normalized spacial score (nSPS) is 11.5. The van der Waals surface area contributed by atoms with Crippen LogP contribution in [0.15, 0.2) is 42.6 Å². The molecule has 8 nitrogen and oxygen atoms in total. The molecule has 0 saturated heterocycles. The van der Waals surface area contributed by atoms with Gasteiger partial charge in [0.15, 0.2) is 5.78 Å². The molecule has 3 aromatic rings. The molecule has 0 saturated carbocycles. The minimum Gasteiger partial charge on any atom is -0.491 e. The first kappa shape index (κ1) is 22.5. The maximum atomic E-state index is 12.6. The van der Waals surface area contributed by atoms with Crippen molar-refractivity contribution >= 4 is 28.4 Å². The fraction of sp³-hybridized carbons (Fsp3) is 0.348. The zero-order valence-electron chi connectivity index (χ0n) is 17.9. The van der Waals surface area contributed by atoms with Crippen molar-refractivity contribution in [2.24, 2.45) is 5.41 Å². The molecule has 3 rings (SSSR count). The van der Waals surface area contributed by atoms with Gasteiger partial charge in [-0.1, -0.05) is 20.8 Å². The number of benzene rings is 1. The first-order chi connectivity index (χ1) is 14.8. The van der Waals surface area contributed by atoms with Crippen LogP contribution in [-0.2, 0) is 4.74 Å². The van der Waals surface area contributed by atoms with Gasteiger partial charge in [-0.3, -0.25) is 9.59 Å². The number of fused-ring (bicyclic) bond motifs is 1. The van der Waals surface area contributed by atoms with Gasteiger partial charge in [0, 0.05) is 16.4 Å². The molecule has 0 bridgehead atoms. The number of nitrogens with one attached hydrogen (secondary N) is 2. The number of ether oxygens (including phenoxy) is 2. The average Bonchev–Trinajstić information content (AvgIpc) is 3.16. The highest BCUT2D eigenvalue weighted by Gasteiger charge is 2.24. The number of Topliss-reactive ketones (excluding diaryl/α,β-unsaturated/α-hetero) is 1. The minimum absolute atomic E-state index is 0.00152. The lowest BCUT2D eigenvalue weighted by atomic mass is 9.89. The highest BCUT2D eigenvalue weighted by Crippen LogP contribution is 2.24. The number of anilines is 1. The number of hydrogen-bond acceptors (Lipinski definition) is 6. The predicted molar refractivity (Wildman–Crippen MR) is 118 cm³/mol. The average molecular weight is 425 g/mol. The molecule has 0 aliphatic heterocycles. The summed E-state index contributed by atoms with van der Waals surface area (Å²) < 4.78 is 10.6. The molecule has 2 heterocycles. The molecule has 0 atom stereocenters. The van der Waals surface area contributed by atoms with Crippen molar-refractivity contribution in [1.29, 1.82) is 0 Å². The van der Waals surface area contributed by atoms with Crippen LogP contribution in [0.3, 0.4) is 0 Å². The molecular formula is C23H27N3O5. The Morgan fingerprint density at radius 3 is 2.52 bits per heavy atom. The summed E-state index contributed by atoms with van der Waals surface area (Å²) >= 11 is 0.